The molecular weight excluding hydrogens is 268 g/mol. The molecule has 1 aliphatic carbocycles. The average Bonchev–Trinajstić information content (AvgIpc) is 2.36. The zero-order chi connectivity index (χ0) is 15.6. The molecule has 2 amide bonds. The Morgan fingerprint density at radius 3 is 2.19 bits per heavy atom. The zero-order valence-electron chi connectivity index (χ0n) is 13.3. The summed E-state index contributed by atoms with van der Waals surface area (Å²) < 4.78 is 0. The molecule has 1 aliphatic heterocycles. The third-order valence-electron chi connectivity index (χ3n) is 4.99. The summed E-state index contributed by atoms with van der Waals surface area (Å²) >= 11 is 0. The largest absolute Gasteiger partial charge is 0.481 e. The van der Waals surface area contributed by atoms with Crippen LogP contribution in [0.2, 0.25) is 0 Å². The highest BCUT2D eigenvalue weighted by Crippen LogP contribution is 2.29. The molecule has 2 fully saturated rings. The number of nitrogens with one attached hydrogen (secondary N) is 1. The van der Waals surface area contributed by atoms with Gasteiger partial charge >= 0.3 is 12.0 Å². The van der Waals surface area contributed by atoms with Crippen LogP contribution in [0.25, 0.3) is 0 Å². The van der Waals surface area contributed by atoms with Crippen LogP contribution in [0.5, 0.6) is 0 Å². The molecule has 0 bridgehead atoms. The van der Waals surface area contributed by atoms with Crippen LogP contribution in [0.1, 0.15) is 52.9 Å². The van der Waals surface area contributed by atoms with E-state index in [1.807, 2.05) is 11.8 Å². The number of urea groups is 1. The molecule has 4 unspecified atom stereocenters. The minimum absolute atomic E-state index is 0.00159. The molecule has 0 radical (unpaired) electrons. The van der Waals surface area contributed by atoms with Crippen molar-refractivity contribution in [3.05, 3.63) is 0 Å². The molecule has 0 aromatic heterocycles. The monoisotopic (exact) mass is 296 g/mol. The van der Waals surface area contributed by atoms with Crippen LogP contribution in [0.4, 0.5) is 4.79 Å². The van der Waals surface area contributed by atoms with E-state index in [1.54, 1.807) is 0 Å². The number of rotatable bonds is 2. The summed E-state index contributed by atoms with van der Waals surface area (Å²) in [4.78, 5) is 25.3. The molecule has 2 N–H and O–H groups in total. The first-order valence-electron chi connectivity index (χ1n) is 8.16. The Hall–Kier alpha value is -1.26. The highest BCUT2D eigenvalue weighted by Gasteiger charge is 2.33. The average molecular weight is 296 g/mol. The lowest BCUT2D eigenvalue weighted by Crippen LogP contribution is -2.53. The smallest absolute Gasteiger partial charge is 0.317 e. The Morgan fingerprint density at radius 2 is 1.67 bits per heavy atom. The van der Waals surface area contributed by atoms with Gasteiger partial charge in [-0.1, -0.05) is 13.8 Å². The fourth-order valence-electron chi connectivity index (χ4n) is 4.02. The van der Waals surface area contributed by atoms with Crippen LogP contribution in [0.3, 0.4) is 0 Å². The van der Waals surface area contributed by atoms with E-state index in [-0.39, 0.29) is 24.0 Å². The molecular formula is C16H28N2O3. The van der Waals surface area contributed by atoms with Crippen molar-refractivity contribution in [2.75, 3.05) is 6.54 Å². The van der Waals surface area contributed by atoms with Gasteiger partial charge in [0.1, 0.15) is 0 Å². The Bertz CT molecular complexity index is 389. The molecule has 5 nitrogen and oxygen atoms in total. The van der Waals surface area contributed by atoms with Gasteiger partial charge in [0, 0.05) is 18.6 Å². The molecule has 1 saturated carbocycles. The third-order valence-corrected chi connectivity index (χ3v) is 4.99. The first-order valence-corrected chi connectivity index (χ1v) is 8.16. The number of carbonyl (C=O) groups is 2. The van der Waals surface area contributed by atoms with E-state index in [9.17, 15) is 9.59 Å². The van der Waals surface area contributed by atoms with Crippen molar-refractivity contribution < 1.29 is 14.7 Å². The lowest BCUT2D eigenvalue weighted by atomic mass is 9.80. The van der Waals surface area contributed by atoms with Crippen molar-refractivity contribution in [3.63, 3.8) is 0 Å². The van der Waals surface area contributed by atoms with E-state index in [1.165, 1.54) is 6.42 Å². The number of likely N-dealkylation sites (tertiary alicyclic amines) is 1. The van der Waals surface area contributed by atoms with Crippen molar-refractivity contribution in [2.45, 2.75) is 65.0 Å². The molecule has 0 aromatic rings. The fraction of sp³-hybridized carbons (Fsp3) is 0.875. The Kier molecular flexibility index (Phi) is 5.12. The number of aliphatic carboxylic acids is 1. The third kappa shape index (κ3) is 4.11. The molecule has 120 valence electrons. The highest BCUT2D eigenvalue weighted by atomic mass is 16.4. The first kappa shape index (κ1) is 16.1. The summed E-state index contributed by atoms with van der Waals surface area (Å²) in [6, 6.07) is 0.247. The van der Waals surface area contributed by atoms with E-state index >= 15 is 0 Å². The topological polar surface area (TPSA) is 69.6 Å². The van der Waals surface area contributed by atoms with Crippen LogP contribution >= 0.6 is 0 Å². The minimum Gasteiger partial charge on any atom is -0.481 e. The van der Waals surface area contributed by atoms with Gasteiger partial charge in [-0.15, -0.1) is 0 Å². The Morgan fingerprint density at radius 1 is 1.05 bits per heavy atom. The summed E-state index contributed by atoms with van der Waals surface area (Å²) in [6.07, 6.45) is 4.46. The molecule has 0 spiro atoms. The predicted molar refractivity (Wildman–Crippen MR) is 81.0 cm³/mol. The fourth-order valence-corrected chi connectivity index (χ4v) is 4.02. The van der Waals surface area contributed by atoms with Crippen LogP contribution in [0, 0.1) is 17.8 Å². The second kappa shape index (κ2) is 6.67. The van der Waals surface area contributed by atoms with Crippen molar-refractivity contribution in [1.29, 1.82) is 0 Å². The molecule has 5 heteroatoms. The summed E-state index contributed by atoms with van der Waals surface area (Å²) in [5.74, 6) is 0.277. The van der Waals surface area contributed by atoms with Crippen molar-refractivity contribution in [2.24, 2.45) is 17.8 Å². The summed E-state index contributed by atoms with van der Waals surface area (Å²) in [7, 11) is 0. The number of hydrogen-bond acceptors (Lipinski definition) is 2. The van der Waals surface area contributed by atoms with Crippen LogP contribution in [-0.4, -0.2) is 40.6 Å². The van der Waals surface area contributed by atoms with Crippen molar-refractivity contribution in [1.82, 2.24) is 10.2 Å². The standard InChI is InChI=1S/C16H28N2O3/c1-10-6-11(2)8-14(7-10)17-16(21)18-5-4-13(15(19)20)9-12(18)3/h10-14H,4-9H2,1-3H3,(H,17,21)(H,19,20). The van der Waals surface area contributed by atoms with E-state index in [2.05, 4.69) is 19.2 Å². The van der Waals surface area contributed by atoms with Gasteiger partial charge in [0.05, 0.1) is 5.92 Å². The lowest BCUT2D eigenvalue weighted by molar-refractivity contribution is -0.143. The number of carbonyl (C=O) groups excluding carboxylic acids is 1. The number of nitrogens with zero attached hydrogens (tertiary/aromatic N) is 1. The maximum Gasteiger partial charge on any atom is 0.317 e. The summed E-state index contributed by atoms with van der Waals surface area (Å²) in [5.41, 5.74) is 0. The molecule has 2 aliphatic rings. The van der Waals surface area contributed by atoms with Crippen molar-refractivity contribution >= 4 is 12.0 Å². The van der Waals surface area contributed by atoms with Crippen LogP contribution in [0.15, 0.2) is 0 Å². The number of amides is 2. The zero-order valence-corrected chi connectivity index (χ0v) is 13.3. The predicted octanol–water partition coefficient (Wildman–Crippen LogP) is 2.71. The van der Waals surface area contributed by atoms with Crippen molar-refractivity contribution in [3.8, 4) is 0 Å². The molecule has 1 saturated heterocycles. The molecule has 1 heterocycles. The second-order valence-electron chi connectivity index (χ2n) is 7.17. The minimum atomic E-state index is -0.739. The first-order chi connectivity index (χ1) is 9.86. The maximum absolute atomic E-state index is 12.4. The van der Waals surface area contributed by atoms with Crippen LogP contribution in [-0.2, 0) is 4.79 Å². The number of hydrogen-bond donors (Lipinski definition) is 2. The van der Waals surface area contributed by atoms with Gasteiger partial charge in [0.15, 0.2) is 0 Å². The highest BCUT2D eigenvalue weighted by molar-refractivity contribution is 5.76. The van der Waals surface area contributed by atoms with Gasteiger partial charge in [-0.3, -0.25) is 4.79 Å². The van der Waals surface area contributed by atoms with Gasteiger partial charge in [0.2, 0.25) is 0 Å². The van der Waals surface area contributed by atoms with Crippen LogP contribution < -0.4 is 5.32 Å². The number of carboxylic acids is 1. The normalized spacial score (nSPS) is 37.1. The van der Waals surface area contributed by atoms with Gasteiger partial charge in [-0.25, -0.2) is 4.79 Å². The number of piperidine rings is 1. The summed E-state index contributed by atoms with van der Waals surface area (Å²) in [6.45, 7) is 6.98. The van der Waals surface area contributed by atoms with Gasteiger partial charge in [-0.05, 0) is 50.9 Å². The quantitative estimate of drug-likeness (QED) is 0.823. The summed E-state index contributed by atoms with van der Waals surface area (Å²) in [5, 5.41) is 12.2. The SMILES string of the molecule is CC1CC(C)CC(NC(=O)N2CCC(C(=O)O)CC2C)C1. The van der Waals surface area contributed by atoms with Gasteiger partial charge < -0.3 is 15.3 Å². The van der Waals surface area contributed by atoms with E-state index in [0.29, 0.717) is 31.2 Å². The maximum atomic E-state index is 12.4. The second-order valence-corrected chi connectivity index (χ2v) is 7.17. The van der Waals surface area contributed by atoms with E-state index in [0.717, 1.165) is 12.8 Å². The molecule has 0 aromatic carbocycles. The number of carboxylic acid groups (broad SMARTS) is 1. The van der Waals surface area contributed by atoms with Gasteiger partial charge in [0.25, 0.3) is 0 Å². The van der Waals surface area contributed by atoms with E-state index in [4.69, 9.17) is 5.11 Å². The Labute approximate surface area is 127 Å². The molecule has 2 rings (SSSR count). The molecule has 21 heavy (non-hydrogen) atoms. The van der Waals surface area contributed by atoms with Gasteiger partial charge in [-0.2, -0.15) is 0 Å². The lowest BCUT2D eigenvalue weighted by Gasteiger charge is -2.38. The van der Waals surface area contributed by atoms with E-state index < -0.39 is 5.97 Å². The molecule has 4 atom stereocenters. The Balaban J connectivity index is 1.87.